The predicted molar refractivity (Wildman–Crippen MR) is 93.0 cm³/mol. The Morgan fingerprint density at radius 3 is 2.75 bits per heavy atom. The molecule has 2 aromatic rings. The Bertz CT molecular complexity index is 823. The Hall–Kier alpha value is -2.73. The first kappa shape index (κ1) is 16.1. The number of hydrogen-bond acceptors (Lipinski definition) is 3. The number of benzene rings is 2. The van der Waals surface area contributed by atoms with Crippen molar-refractivity contribution in [3.8, 4) is 5.75 Å². The van der Waals surface area contributed by atoms with E-state index in [0.29, 0.717) is 35.0 Å². The molecule has 124 valence electrons. The smallest absolute Gasteiger partial charge is 0.319 e. The molecule has 24 heavy (non-hydrogen) atoms. The van der Waals surface area contributed by atoms with Gasteiger partial charge in [0.15, 0.2) is 0 Å². The average molecular weight is 346 g/mol. The summed E-state index contributed by atoms with van der Waals surface area (Å²) in [5.41, 5.74) is 8.19. The van der Waals surface area contributed by atoms with Crippen molar-refractivity contribution in [2.75, 3.05) is 23.9 Å². The third kappa shape index (κ3) is 3.00. The first-order valence-corrected chi connectivity index (χ1v) is 7.72. The number of primary amides is 1. The SMILES string of the molecule is COc1cc(C(=O)Nc2ccc3c(c2)CCN3C(N)=O)ccc1Cl. The van der Waals surface area contributed by atoms with E-state index < -0.39 is 6.03 Å². The van der Waals surface area contributed by atoms with Crippen LogP contribution >= 0.6 is 11.6 Å². The number of nitrogens with zero attached hydrogens (tertiary/aromatic N) is 1. The lowest BCUT2D eigenvalue weighted by Gasteiger charge is -2.14. The summed E-state index contributed by atoms with van der Waals surface area (Å²) in [7, 11) is 1.49. The number of amides is 3. The molecule has 0 spiro atoms. The minimum atomic E-state index is -0.473. The maximum atomic E-state index is 12.4. The van der Waals surface area contributed by atoms with Gasteiger partial charge in [-0.2, -0.15) is 0 Å². The Morgan fingerprint density at radius 1 is 1.25 bits per heavy atom. The largest absolute Gasteiger partial charge is 0.495 e. The van der Waals surface area contributed by atoms with Crippen molar-refractivity contribution < 1.29 is 14.3 Å². The van der Waals surface area contributed by atoms with Gasteiger partial charge in [0, 0.05) is 23.5 Å². The molecule has 7 heteroatoms. The van der Waals surface area contributed by atoms with Crippen molar-refractivity contribution in [2.24, 2.45) is 5.73 Å². The molecule has 1 aliphatic heterocycles. The second-order valence-corrected chi connectivity index (χ2v) is 5.79. The van der Waals surface area contributed by atoms with E-state index in [1.165, 1.54) is 12.0 Å². The Morgan fingerprint density at radius 2 is 2.04 bits per heavy atom. The monoisotopic (exact) mass is 345 g/mol. The zero-order valence-corrected chi connectivity index (χ0v) is 13.8. The summed E-state index contributed by atoms with van der Waals surface area (Å²) in [5.74, 6) is 0.171. The predicted octanol–water partition coefficient (Wildman–Crippen LogP) is 3.04. The number of anilines is 2. The zero-order valence-electron chi connectivity index (χ0n) is 13.0. The fraction of sp³-hybridized carbons (Fsp3) is 0.176. The number of rotatable bonds is 3. The molecule has 3 N–H and O–H groups in total. The fourth-order valence-corrected chi connectivity index (χ4v) is 2.91. The van der Waals surface area contributed by atoms with Gasteiger partial charge in [0.25, 0.3) is 5.91 Å². The molecular weight excluding hydrogens is 330 g/mol. The van der Waals surface area contributed by atoms with Gasteiger partial charge in [-0.25, -0.2) is 4.79 Å². The minimum absolute atomic E-state index is 0.269. The van der Waals surface area contributed by atoms with Crippen LogP contribution in [0.2, 0.25) is 5.02 Å². The van der Waals surface area contributed by atoms with Crippen LogP contribution in [-0.2, 0) is 6.42 Å². The summed E-state index contributed by atoms with van der Waals surface area (Å²) in [4.78, 5) is 25.2. The number of ether oxygens (including phenoxy) is 1. The quantitative estimate of drug-likeness (QED) is 0.896. The number of fused-ring (bicyclic) bond motifs is 1. The molecular formula is C17H16ClN3O3. The van der Waals surface area contributed by atoms with Gasteiger partial charge < -0.3 is 15.8 Å². The Labute approximate surface area is 144 Å². The number of hydrogen-bond donors (Lipinski definition) is 2. The molecule has 0 unspecified atom stereocenters. The highest BCUT2D eigenvalue weighted by molar-refractivity contribution is 6.32. The van der Waals surface area contributed by atoms with Crippen molar-refractivity contribution in [2.45, 2.75) is 6.42 Å². The van der Waals surface area contributed by atoms with Crippen molar-refractivity contribution in [3.63, 3.8) is 0 Å². The van der Waals surface area contributed by atoms with Crippen molar-refractivity contribution in [1.29, 1.82) is 0 Å². The topological polar surface area (TPSA) is 84.7 Å². The van der Waals surface area contributed by atoms with Crippen molar-refractivity contribution in [3.05, 3.63) is 52.5 Å². The van der Waals surface area contributed by atoms with Crippen LogP contribution in [0.5, 0.6) is 5.75 Å². The van der Waals surface area contributed by atoms with E-state index in [4.69, 9.17) is 22.1 Å². The van der Waals surface area contributed by atoms with Crippen LogP contribution in [-0.4, -0.2) is 25.6 Å². The standard InChI is InChI=1S/C17H16ClN3O3/c1-24-15-9-11(2-4-13(15)18)16(22)20-12-3-5-14-10(8-12)6-7-21(14)17(19)23/h2-5,8-9H,6-7H2,1H3,(H2,19,23)(H,20,22). The van der Waals surface area contributed by atoms with Gasteiger partial charge in [0.2, 0.25) is 0 Å². The molecule has 0 saturated heterocycles. The van der Waals surface area contributed by atoms with Gasteiger partial charge in [-0.3, -0.25) is 9.69 Å². The third-order valence-corrected chi connectivity index (χ3v) is 4.22. The fourth-order valence-electron chi connectivity index (χ4n) is 2.71. The number of halogens is 1. The molecule has 3 amide bonds. The molecule has 2 aromatic carbocycles. The molecule has 0 radical (unpaired) electrons. The van der Waals surface area contributed by atoms with Crippen molar-refractivity contribution >= 4 is 34.9 Å². The highest BCUT2D eigenvalue weighted by Gasteiger charge is 2.23. The molecule has 0 aliphatic carbocycles. The van der Waals surface area contributed by atoms with E-state index in [2.05, 4.69) is 5.32 Å². The molecule has 6 nitrogen and oxygen atoms in total. The van der Waals surface area contributed by atoms with Gasteiger partial charge in [-0.1, -0.05) is 11.6 Å². The van der Waals surface area contributed by atoms with Gasteiger partial charge in [-0.15, -0.1) is 0 Å². The maximum absolute atomic E-state index is 12.4. The molecule has 0 aromatic heterocycles. The van der Waals surface area contributed by atoms with Crippen LogP contribution in [0.1, 0.15) is 15.9 Å². The second kappa shape index (κ2) is 6.41. The summed E-state index contributed by atoms with van der Waals surface area (Å²) in [5, 5.41) is 3.27. The normalized spacial score (nSPS) is 12.7. The highest BCUT2D eigenvalue weighted by atomic mass is 35.5. The van der Waals surface area contributed by atoms with Crippen LogP contribution in [0.15, 0.2) is 36.4 Å². The zero-order chi connectivity index (χ0) is 17.3. The first-order chi connectivity index (χ1) is 11.5. The molecule has 1 aliphatic rings. The maximum Gasteiger partial charge on any atom is 0.319 e. The summed E-state index contributed by atoms with van der Waals surface area (Å²) in [6.07, 6.45) is 0.705. The van der Waals surface area contributed by atoms with E-state index in [9.17, 15) is 9.59 Å². The molecule has 0 atom stereocenters. The second-order valence-electron chi connectivity index (χ2n) is 5.39. The van der Waals surface area contributed by atoms with Crippen LogP contribution in [0.3, 0.4) is 0 Å². The van der Waals surface area contributed by atoms with Crippen LogP contribution in [0.4, 0.5) is 16.2 Å². The number of carbonyl (C=O) groups is 2. The summed E-state index contributed by atoms with van der Waals surface area (Å²) >= 11 is 5.97. The molecule has 0 bridgehead atoms. The van der Waals surface area contributed by atoms with Crippen molar-refractivity contribution in [1.82, 2.24) is 0 Å². The molecule has 1 heterocycles. The number of urea groups is 1. The van der Waals surface area contributed by atoms with Crippen LogP contribution in [0.25, 0.3) is 0 Å². The highest BCUT2D eigenvalue weighted by Crippen LogP contribution is 2.31. The van der Waals surface area contributed by atoms with Gasteiger partial charge >= 0.3 is 6.03 Å². The lowest BCUT2D eigenvalue weighted by Crippen LogP contribution is -2.33. The van der Waals surface area contributed by atoms with Gasteiger partial charge in [-0.05, 0) is 48.4 Å². The third-order valence-electron chi connectivity index (χ3n) is 3.91. The minimum Gasteiger partial charge on any atom is -0.495 e. The van der Waals surface area contributed by atoms with E-state index in [0.717, 1.165) is 11.3 Å². The summed E-state index contributed by atoms with van der Waals surface area (Å²) in [6, 6.07) is 9.73. The lowest BCUT2D eigenvalue weighted by atomic mass is 10.1. The first-order valence-electron chi connectivity index (χ1n) is 7.34. The molecule has 0 saturated carbocycles. The van der Waals surface area contributed by atoms with E-state index in [1.807, 2.05) is 6.07 Å². The molecule has 3 rings (SSSR count). The summed E-state index contributed by atoms with van der Waals surface area (Å²) < 4.78 is 5.12. The number of methoxy groups -OCH3 is 1. The van der Waals surface area contributed by atoms with Gasteiger partial charge in [0.05, 0.1) is 12.1 Å². The lowest BCUT2D eigenvalue weighted by molar-refractivity contribution is 0.102. The Kier molecular flexibility index (Phi) is 4.31. The van der Waals surface area contributed by atoms with E-state index in [1.54, 1.807) is 30.3 Å². The number of carbonyl (C=O) groups excluding carboxylic acids is 2. The van der Waals surface area contributed by atoms with Crippen LogP contribution < -0.4 is 20.7 Å². The number of nitrogens with one attached hydrogen (secondary N) is 1. The van der Waals surface area contributed by atoms with E-state index in [-0.39, 0.29) is 5.91 Å². The van der Waals surface area contributed by atoms with E-state index >= 15 is 0 Å². The molecule has 0 fully saturated rings. The summed E-state index contributed by atoms with van der Waals surface area (Å²) in [6.45, 7) is 0.552. The van der Waals surface area contributed by atoms with Crippen LogP contribution in [0, 0.1) is 0 Å². The Balaban J connectivity index is 1.80. The average Bonchev–Trinajstić information content (AvgIpc) is 2.98. The number of nitrogens with two attached hydrogens (primary N) is 1. The van der Waals surface area contributed by atoms with Gasteiger partial charge in [0.1, 0.15) is 5.75 Å².